The summed E-state index contributed by atoms with van der Waals surface area (Å²) in [6.07, 6.45) is 13.1. The average Bonchev–Trinajstić information content (AvgIpc) is 2.21. The van der Waals surface area contributed by atoms with Crippen LogP contribution in [0.3, 0.4) is 0 Å². The van der Waals surface area contributed by atoms with E-state index in [1.165, 1.54) is 7.11 Å². The molecule has 0 aliphatic rings. The third-order valence-electron chi connectivity index (χ3n) is 1.88. The molecule has 0 atom stereocenters. The second-order valence-corrected chi connectivity index (χ2v) is 3.09. The van der Waals surface area contributed by atoms with E-state index in [0.717, 1.165) is 25.7 Å². The fourth-order valence-corrected chi connectivity index (χ4v) is 1.06. The summed E-state index contributed by atoms with van der Waals surface area (Å²) in [5.74, 6) is -0.118. The molecule has 0 bridgehead atoms. The minimum atomic E-state index is -0.118. The molecule has 0 aromatic heterocycles. The number of carbonyl (C=O) groups is 1. The van der Waals surface area contributed by atoms with Crippen molar-refractivity contribution in [2.24, 2.45) is 0 Å². The molecule has 0 radical (unpaired) electrons. The van der Waals surface area contributed by atoms with E-state index in [9.17, 15) is 4.79 Å². The van der Waals surface area contributed by atoms with E-state index in [1.807, 2.05) is 6.92 Å². The van der Waals surface area contributed by atoms with Crippen molar-refractivity contribution in [2.45, 2.75) is 39.0 Å². The summed E-state index contributed by atoms with van der Waals surface area (Å²) in [5.41, 5.74) is 0. The Bertz CT molecular complexity index is 192. The molecule has 0 aromatic carbocycles. The number of hydrogen-bond acceptors (Lipinski definition) is 2. The second-order valence-electron chi connectivity index (χ2n) is 3.09. The number of allylic oxidation sites excluding steroid dienone is 4. The Kier molecular flexibility index (Phi) is 9.28. The lowest BCUT2D eigenvalue weighted by atomic mass is 10.2. The molecule has 0 saturated heterocycles. The van der Waals surface area contributed by atoms with Crippen LogP contribution in [-0.4, -0.2) is 13.1 Å². The molecule has 0 aliphatic heterocycles. The monoisotopic (exact) mass is 196 g/mol. The fraction of sp³-hybridized carbons (Fsp3) is 0.583. The lowest BCUT2D eigenvalue weighted by Gasteiger charge is -1.95. The highest BCUT2D eigenvalue weighted by atomic mass is 16.5. The molecule has 0 N–H and O–H groups in total. The van der Waals surface area contributed by atoms with E-state index in [4.69, 9.17) is 0 Å². The van der Waals surface area contributed by atoms with Gasteiger partial charge in [-0.2, -0.15) is 0 Å². The quantitative estimate of drug-likeness (QED) is 0.355. The van der Waals surface area contributed by atoms with Crippen LogP contribution in [0.2, 0.25) is 0 Å². The van der Waals surface area contributed by atoms with Crippen LogP contribution in [0.4, 0.5) is 0 Å². The Morgan fingerprint density at radius 3 is 2.43 bits per heavy atom. The van der Waals surface area contributed by atoms with Crippen LogP contribution in [0.15, 0.2) is 24.3 Å². The summed E-state index contributed by atoms with van der Waals surface area (Å²) in [4.78, 5) is 10.7. The summed E-state index contributed by atoms with van der Waals surface area (Å²) < 4.78 is 4.54. The van der Waals surface area contributed by atoms with E-state index in [0.29, 0.717) is 6.42 Å². The number of carbonyl (C=O) groups excluding carboxylic acids is 1. The zero-order valence-electron chi connectivity index (χ0n) is 9.16. The van der Waals surface area contributed by atoms with Gasteiger partial charge in [-0.3, -0.25) is 4.79 Å². The predicted octanol–water partition coefficient (Wildman–Crippen LogP) is 3.24. The molecule has 0 rings (SSSR count). The van der Waals surface area contributed by atoms with Gasteiger partial charge in [0.15, 0.2) is 0 Å². The maximum atomic E-state index is 10.7. The maximum Gasteiger partial charge on any atom is 0.305 e. The SMILES string of the molecule is CC=CCCC=CCCCC(=O)OC. The van der Waals surface area contributed by atoms with Gasteiger partial charge in [0.2, 0.25) is 0 Å². The van der Waals surface area contributed by atoms with Gasteiger partial charge in [-0.05, 0) is 32.6 Å². The highest BCUT2D eigenvalue weighted by molar-refractivity contribution is 5.68. The number of hydrogen-bond donors (Lipinski definition) is 0. The third kappa shape index (κ3) is 9.04. The minimum absolute atomic E-state index is 0.118. The van der Waals surface area contributed by atoms with Gasteiger partial charge in [-0.15, -0.1) is 0 Å². The normalized spacial score (nSPS) is 11.3. The molecule has 0 unspecified atom stereocenters. The number of rotatable bonds is 7. The maximum absolute atomic E-state index is 10.7. The lowest BCUT2D eigenvalue weighted by Crippen LogP contribution is -1.98. The summed E-state index contributed by atoms with van der Waals surface area (Å²) in [6, 6.07) is 0. The molecule has 0 amide bonds. The van der Waals surface area contributed by atoms with Crippen molar-refractivity contribution in [2.75, 3.05) is 7.11 Å². The summed E-state index contributed by atoms with van der Waals surface area (Å²) in [6.45, 7) is 2.03. The molecule has 0 aromatic rings. The van der Waals surface area contributed by atoms with Gasteiger partial charge in [-0.1, -0.05) is 24.3 Å². The highest BCUT2D eigenvalue weighted by Gasteiger charge is 1.96. The van der Waals surface area contributed by atoms with Gasteiger partial charge in [0.05, 0.1) is 7.11 Å². The van der Waals surface area contributed by atoms with Crippen molar-refractivity contribution in [3.63, 3.8) is 0 Å². The van der Waals surface area contributed by atoms with Gasteiger partial charge in [0, 0.05) is 6.42 Å². The van der Waals surface area contributed by atoms with Crippen molar-refractivity contribution >= 4 is 5.97 Å². The molecule has 0 aliphatic carbocycles. The van der Waals surface area contributed by atoms with E-state index in [2.05, 4.69) is 29.0 Å². The highest BCUT2D eigenvalue weighted by Crippen LogP contribution is 2.00. The molecule has 0 spiro atoms. The summed E-state index contributed by atoms with van der Waals surface area (Å²) >= 11 is 0. The Morgan fingerprint density at radius 2 is 1.79 bits per heavy atom. The predicted molar refractivity (Wildman–Crippen MR) is 59.1 cm³/mol. The number of methoxy groups -OCH3 is 1. The molecule has 80 valence electrons. The van der Waals surface area contributed by atoms with Crippen LogP contribution >= 0.6 is 0 Å². The molecule has 2 heteroatoms. The minimum Gasteiger partial charge on any atom is -0.469 e. The lowest BCUT2D eigenvalue weighted by molar-refractivity contribution is -0.140. The van der Waals surface area contributed by atoms with Crippen molar-refractivity contribution in [1.29, 1.82) is 0 Å². The largest absolute Gasteiger partial charge is 0.469 e. The van der Waals surface area contributed by atoms with E-state index in [-0.39, 0.29) is 5.97 Å². The summed E-state index contributed by atoms with van der Waals surface area (Å²) in [7, 11) is 1.43. The molecular weight excluding hydrogens is 176 g/mol. The molecule has 2 nitrogen and oxygen atoms in total. The fourth-order valence-electron chi connectivity index (χ4n) is 1.06. The van der Waals surface area contributed by atoms with Gasteiger partial charge in [0.25, 0.3) is 0 Å². The first-order valence-corrected chi connectivity index (χ1v) is 5.14. The Hall–Kier alpha value is -1.05. The van der Waals surface area contributed by atoms with Crippen LogP contribution in [-0.2, 0) is 9.53 Å². The molecule has 0 fully saturated rings. The molecule has 0 saturated carbocycles. The first-order chi connectivity index (χ1) is 6.81. The van der Waals surface area contributed by atoms with Gasteiger partial charge in [-0.25, -0.2) is 0 Å². The van der Waals surface area contributed by atoms with Crippen molar-refractivity contribution < 1.29 is 9.53 Å². The summed E-state index contributed by atoms with van der Waals surface area (Å²) in [5, 5.41) is 0. The van der Waals surface area contributed by atoms with Crippen LogP contribution < -0.4 is 0 Å². The first-order valence-electron chi connectivity index (χ1n) is 5.14. The first kappa shape index (κ1) is 12.9. The third-order valence-corrected chi connectivity index (χ3v) is 1.88. The number of esters is 1. The average molecular weight is 196 g/mol. The van der Waals surface area contributed by atoms with E-state index in [1.54, 1.807) is 0 Å². The van der Waals surface area contributed by atoms with E-state index < -0.39 is 0 Å². The van der Waals surface area contributed by atoms with Crippen LogP contribution in [0.5, 0.6) is 0 Å². The second kappa shape index (κ2) is 10.0. The number of unbranched alkanes of at least 4 members (excludes halogenated alkanes) is 2. The van der Waals surface area contributed by atoms with Crippen molar-refractivity contribution in [3.8, 4) is 0 Å². The van der Waals surface area contributed by atoms with E-state index >= 15 is 0 Å². The van der Waals surface area contributed by atoms with Gasteiger partial charge in [0.1, 0.15) is 0 Å². The Labute approximate surface area is 86.6 Å². The Balaban J connectivity index is 3.22. The van der Waals surface area contributed by atoms with Gasteiger partial charge >= 0.3 is 5.97 Å². The zero-order chi connectivity index (χ0) is 10.6. The molecular formula is C12H20O2. The molecule has 0 heterocycles. The molecule has 14 heavy (non-hydrogen) atoms. The van der Waals surface area contributed by atoms with Crippen molar-refractivity contribution in [3.05, 3.63) is 24.3 Å². The zero-order valence-corrected chi connectivity index (χ0v) is 9.16. The number of ether oxygens (including phenoxy) is 1. The van der Waals surface area contributed by atoms with Crippen LogP contribution in [0.1, 0.15) is 39.0 Å². The van der Waals surface area contributed by atoms with Crippen LogP contribution in [0, 0.1) is 0 Å². The van der Waals surface area contributed by atoms with Gasteiger partial charge < -0.3 is 4.74 Å². The van der Waals surface area contributed by atoms with Crippen LogP contribution in [0.25, 0.3) is 0 Å². The standard InChI is InChI=1S/C12H20O2/c1-3-4-5-6-7-8-9-10-11-12(13)14-2/h3-4,7-8H,5-6,9-11H2,1-2H3. The van der Waals surface area contributed by atoms with Crippen molar-refractivity contribution in [1.82, 2.24) is 0 Å². The Morgan fingerprint density at radius 1 is 1.14 bits per heavy atom. The smallest absolute Gasteiger partial charge is 0.305 e. The topological polar surface area (TPSA) is 26.3 Å².